The Kier molecular flexibility index (Phi) is 8.95. The van der Waals surface area contributed by atoms with Gasteiger partial charge in [-0.15, -0.1) is 0 Å². The van der Waals surface area contributed by atoms with Crippen molar-refractivity contribution in [1.82, 2.24) is 15.5 Å². The fraction of sp³-hybridized carbons (Fsp3) is 0.154. The van der Waals surface area contributed by atoms with E-state index in [1.807, 2.05) is 43.3 Å². The molecule has 0 aliphatic heterocycles. The van der Waals surface area contributed by atoms with Gasteiger partial charge in [-0.3, -0.25) is 9.59 Å². The second-order valence-corrected chi connectivity index (χ2v) is 8.54. The van der Waals surface area contributed by atoms with Gasteiger partial charge in [-0.05, 0) is 84.1 Å². The van der Waals surface area contributed by atoms with Crippen molar-refractivity contribution >= 4 is 33.8 Å². The van der Waals surface area contributed by atoms with Crippen LogP contribution in [0.25, 0.3) is 6.08 Å². The van der Waals surface area contributed by atoms with Gasteiger partial charge >= 0.3 is 0 Å². The quantitative estimate of drug-likeness (QED) is 0.392. The van der Waals surface area contributed by atoms with E-state index in [9.17, 15) is 14.0 Å². The highest BCUT2D eigenvalue weighted by Crippen LogP contribution is 2.29. The van der Waals surface area contributed by atoms with Crippen LogP contribution in [0.3, 0.4) is 0 Å². The van der Waals surface area contributed by atoms with E-state index in [0.29, 0.717) is 30.2 Å². The topological polar surface area (TPSA) is 70.7 Å². The Morgan fingerprint density at radius 2 is 1.76 bits per heavy atom. The molecule has 34 heavy (non-hydrogen) atoms. The summed E-state index contributed by atoms with van der Waals surface area (Å²) in [5, 5.41) is 5.39. The zero-order valence-corrected chi connectivity index (χ0v) is 20.4. The predicted molar refractivity (Wildman–Crippen MR) is 134 cm³/mol. The minimum absolute atomic E-state index is 0.0486. The van der Waals surface area contributed by atoms with Crippen LogP contribution in [0.2, 0.25) is 0 Å². The Hall–Kier alpha value is -3.49. The molecule has 3 aromatic rings. The molecule has 0 heterocycles. The van der Waals surface area contributed by atoms with Crippen LogP contribution < -0.4 is 15.4 Å². The van der Waals surface area contributed by atoms with E-state index < -0.39 is 17.6 Å². The molecule has 0 spiro atoms. The molecular formula is C26H25BrFN3O3. The maximum absolute atomic E-state index is 13.5. The number of carbonyl (C=O) groups is 2. The maximum Gasteiger partial charge on any atom is 0.267 e. The van der Waals surface area contributed by atoms with Gasteiger partial charge in [0.25, 0.3) is 11.8 Å². The molecule has 0 aromatic heterocycles. The van der Waals surface area contributed by atoms with Crippen molar-refractivity contribution in [2.24, 2.45) is 0 Å². The summed E-state index contributed by atoms with van der Waals surface area (Å²) in [5.41, 5.74) is 0.841. The SMILES string of the molecule is CN(C)CCNC(=O)/C(=C/c1ccc(Oc2ccccc2Br)cc1)NC(=O)c1cccc(F)c1. The highest BCUT2D eigenvalue weighted by atomic mass is 79.9. The lowest BCUT2D eigenvalue weighted by Crippen LogP contribution is -2.37. The highest BCUT2D eigenvalue weighted by Gasteiger charge is 2.15. The van der Waals surface area contributed by atoms with Crippen molar-refractivity contribution in [3.8, 4) is 11.5 Å². The van der Waals surface area contributed by atoms with E-state index in [2.05, 4.69) is 26.6 Å². The van der Waals surface area contributed by atoms with Crippen molar-refractivity contribution < 1.29 is 18.7 Å². The van der Waals surface area contributed by atoms with Crippen molar-refractivity contribution in [2.45, 2.75) is 0 Å². The van der Waals surface area contributed by atoms with Crippen LogP contribution in [0.5, 0.6) is 11.5 Å². The lowest BCUT2D eigenvalue weighted by Gasteiger charge is -2.13. The molecule has 0 fully saturated rings. The predicted octanol–water partition coefficient (Wildman–Crippen LogP) is 4.83. The minimum Gasteiger partial charge on any atom is -0.456 e. The number of halogens is 2. The van der Waals surface area contributed by atoms with Gasteiger partial charge in [-0.2, -0.15) is 0 Å². The van der Waals surface area contributed by atoms with Gasteiger partial charge in [0.15, 0.2) is 0 Å². The summed E-state index contributed by atoms with van der Waals surface area (Å²) in [6, 6.07) is 19.9. The molecule has 0 aliphatic rings. The fourth-order valence-corrected chi connectivity index (χ4v) is 3.29. The molecule has 176 valence electrons. The number of benzene rings is 3. The number of ether oxygens (including phenoxy) is 1. The van der Waals surface area contributed by atoms with E-state index in [0.717, 1.165) is 10.5 Å². The van der Waals surface area contributed by atoms with E-state index >= 15 is 0 Å². The fourth-order valence-electron chi connectivity index (χ4n) is 2.92. The van der Waals surface area contributed by atoms with Crippen molar-refractivity contribution in [2.75, 3.05) is 27.2 Å². The summed E-state index contributed by atoms with van der Waals surface area (Å²) in [7, 11) is 3.79. The molecule has 0 bridgehead atoms. The zero-order chi connectivity index (χ0) is 24.5. The molecule has 0 saturated heterocycles. The molecule has 2 amide bonds. The second kappa shape index (κ2) is 12.1. The lowest BCUT2D eigenvalue weighted by molar-refractivity contribution is -0.117. The van der Waals surface area contributed by atoms with Crippen LogP contribution in [0.4, 0.5) is 4.39 Å². The zero-order valence-electron chi connectivity index (χ0n) is 18.8. The van der Waals surface area contributed by atoms with Gasteiger partial charge < -0.3 is 20.3 Å². The number of carbonyl (C=O) groups excluding carboxylic acids is 2. The van der Waals surface area contributed by atoms with E-state index in [4.69, 9.17) is 4.74 Å². The van der Waals surface area contributed by atoms with Crippen LogP contribution >= 0.6 is 15.9 Å². The highest BCUT2D eigenvalue weighted by molar-refractivity contribution is 9.10. The van der Waals surface area contributed by atoms with Crippen LogP contribution in [0.15, 0.2) is 83.0 Å². The number of rotatable bonds is 9. The average molecular weight is 526 g/mol. The third-order valence-electron chi connectivity index (χ3n) is 4.68. The first-order valence-corrected chi connectivity index (χ1v) is 11.3. The summed E-state index contributed by atoms with van der Waals surface area (Å²) in [4.78, 5) is 27.4. The summed E-state index contributed by atoms with van der Waals surface area (Å²) in [6.07, 6.45) is 1.56. The number of likely N-dealkylation sites (N-methyl/N-ethyl adjacent to an activating group) is 1. The van der Waals surface area contributed by atoms with Gasteiger partial charge in [0.05, 0.1) is 4.47 Å². The summed E-state index contributed by atoms with van der Waals surface area (Å²) >= 11 is 3.45. The molecule has 0 unspecified atom stereocenters. The molecule has 3 aromatic carbocycles. The van der Waals surface area contributed by atoms with Gasteiger partial charge in [0, 0.05) is 18.7 Å². The van der Waals surface area contributed by atoms with Crippen LogP contribution in [0, 0.1) is 5.82 Å². The second-order valence-electron chi connectivity index (χ2n) is 7.68. The number of hydrogen-bond acceptors (Lipinski definition) is 4. The molecule has 8 heteroatoms. The van der Waals surface area contributed by atoms with Gasteiger partial charge in [-0.25, -0.2) is 4.39 Å². The normalized spacial score (nSPS) is 11.3. The third-order valence-corrected chi connectivity index (χ3v) is 5.33. The van der Waals surface area contributed by atoms with Crippen molar-refractivity contribution in [3.63, 3.8) is 0 Å². The molecule has 6 nitrogen and oxygen atoms in total. The Labute approximate surface area is 206 Å². The average Bonchev–Trinajstić information content (AvgIpc) is 2.81. The van der Waals surface area contributed by atoms with Gasteiger partial charge in [0.2, 0.25) is 0 Å². The molecule has 0 atom stereocenters. The van der Waals surface area contributed by atoms with Crippen LogP contribution in [-0.2, 0) is 4.79 Å². The van der Waals surface area contributed by atoms with Crippen LogP contribution in [0.1, 0.15) is 15.9 Å². The molecule has 2 N–H and O–H groups in total. The maximum atomic E-state index is 13.5. The summed E-state index contributed by atoms with van der Waals surface area (Å²) in [6.45, 7) is 1.04. The first-order valence-electron chi connectivity index (χ1n) is 10.6. The summed E-state index contributed by atoms with van der Waals surface area (Å²) < 4.78 is 20.2. The van der Waals surface area contributed by atoms with E-state index in [1.54, 1.807) is 30.3 Å². The summed E-state index contributed by atoms with van der Waals surface area (Å²) in [5.74, 6) is -0.268. The minimum atomic E-state index is -0.581. The van der Waals surface area contributed by atoms with Gasteiger partial charge in [0.1, 0.15) is 23.0 Å². The van der Waals surface area contributed by atoms with Crippen LogP contribution in [-0.4, -0.2) is 43.9 Å². The standard InChI is InChI=1S/C26H25BrFN3O3/c1-31(2)15-14-29-26(33)23(30-25(32)19-6-5-7-20(28)17-19)16-18-10-12-21(13-11-18)34-24-9-4-3-8-22(24)27/h3-13,16-17H,14-15H2,1-2H3,(H,29,33)(H,30,32)/b23-16-. The monoisotopic (exact) mass is 525 g/mol. The first-order chi connectivity index (χ1) is 16.3. The Balaban J connectivity index is 1.79. The lowest BCUT2D eigenvalue weighted by atomic mass is 10.1. The van der Waals surface area contributed by atoms with E-state index in [1.165, 1.54) is 18.2 Å². The first kappa shape index (κ1) is 25.1. The number of amides is 2. The van der Waals surface area contributed by atoms with Crippen molar-refractivity contribution in [3.05, 3.63) is 99.9 Å². The molecule has 0 radical (unpaired) electrons. The number of nitrogens with zero attached hydrogens (tertiary/aromatic N) is 1. The smallest absolute Gasteiger partial charge is 0.267 e. The Morgan fingerprint density at radius 1 is 1.03 bits per heavy atom. The largest absolute Gasteiger partial charge is 0.456 e. The number of para-hydroxylation sites is 1. The van der Waals surface area contributed by atoms with Crippen molar-refractivity contribution in [1.29, 1.82) is 0 Å². The molecule has 3 rings (SSSR count). The molecule has 0 aliphatic carbocycles. The Bertz CT molecular complexity index is 1180. The molecular weight excluding hydrogens is 501 g/mol. The third kappa shape index (κ3) is 7.54. The number of nitrogens with one attached hydrogen (secondary N) is 2. The molecule has 0 saturated carbocycles. The Morgan fingerprint density at radius 3 is 2.44 bits per heavy atom. The number of hydrogen-bond donors (Lipinski definition) is 2. The van der Waals surface area contributed by atoms with Gasteiger partial charge in [-0.1, -0.05) is 30.3 Å². The van der Waals surface area contributed by atoms with E-state index in [-0.39, 0.29) is 11.3 Å².